The Morgan fingerprint density at radius 1 is 1.46 bits per heavy atom. The topological polar surface area (TPSA) is 95.0 Å². The van der Waals surface area contributed by atoms with E-state index in [9.17, 15) is 10.4 Å². The highest BCUT2D eigenvalue weighted by atomic mass is 16.3. The average molecular weight is 348 g/mol. The summed E-state index contributed by atoms with van der Waals surface area (Å²) in [5.74, 6) is 0.629. The van der Waals surface area contributed by atoms with Gasteiger partial charge in [0.15, 0.2) is 0 Å². The van der Waals surface area contributed by atoms with E-state index in [2.05, 4.69) is 22.9 Å². The third-order valence-electron chi connectivity index (χ3n) is 4.93. The van der Waals surface area contributed by atoms with Crippen molar-refractivity contribution in [1.29, 1.82) is 5.26 Å². The van der Waals surface area contributed by atoms with Gasteiger partial charge in [0.1, 0.15) is 17.6 Å². The zero-order valence-corrected chi connectivity index (χ0v) is 14.8. The first kappa shape index (κ1) is 18.0. The van der Waals surface area contributed by atoms with Gasteiger partial charge in [-0.15, -0.1) is 6.58 Å². The van der Waals surface area contributed by atoms with Crippen LogP contribution in [0.5, 0.6) is 5.75 Å². The third kappa shape index (κ3) is 3.56. The van der Waals surface area contributed by atoms with E-state index in [-0.39, 0.29) is 17.5 Å². The molecule has 5 heteroatoms. The zero-order valence-electron chi connectivity index (χ0n) is 14.8. The van der Waals surface area contributed by atoms with Crippen LogP contribution in [0, 0.1) is 11.3 Å². The summed E-state index contributed by atoms with van der Waals surface area (Å²) >= 11 is 0. The molecule has 1 aliphatic heterocycles. The summed E-state index contributed by atoms with van der Waals surface area (Å²) in [7, 11) is 0. The van der Waals surface area contributed by atoms with Gasteiger partial charge in [0.25, 0.3) is 0 Å². The lowest BCUT2D eigenvalue weighted by atomic mass is 9.87. The molecule has 0 amide bonds. The minimum absolute atomic E-state index is 0.177. The fourth-order valence-corrected chi connectivity index (χ4v) is 3.62. The molecule has 1 unspecified atom stereocenters. The third-order valence-corrected chi connectivity index (χ3v) is 4.93. The number of hydrogen-bond donors (Lipinski definition) is 3. The first-order chi connectivity index (χ1) is 12.7. The van der Waals surface area contributed by atoms with Crippen molar-refractivity contribution in [3.63, 3.8) is 0 Å². The van der Waals surface area contributed by atoms with Crippen LogP contribution in [0.2, 0.25) is 0 Å². The van der Waals surface area contributed by atoms with Gasteiger partial charge in [0, 0.05) is 12.1 Å². The maximum atomic E-state index is 10.5. The van der Waals surface area contributed by atoms with Crippen molar-refractivity contribution in [2.75, 3.05) is 18.8 Å². The van der Waals surface area contributed by atoms with Gasteiger partial charge in [-0.05, 0) is 61.4 Å². The number of rotatable bonds is 5. The fourth-order valence-electron chi connectivity index (χ4n) is 3.62. The van der Waals surface area contributed by atoms with Crippen molar-refractivity contribution >= 4 is 5.82 Å². The zero-order chi connectivity index (χ0) is 18.5. The highest BCUT2D eigenvalue weighted by Crippen LogP contribution is 2.37. The molecule has 5 nitrogen and oxygen atoms in total. The van der Waals surface area contributed by atoms with E-state index < -0.39 is 0 Å². The number of phenolic OH excluding ortho intramolecular Hbond substituents is 1. The largest absolute Gasteiger partial charge is 0.507 e. The Bertz CT molecular complexity index is 848. The van der Waals surface area contributed by atoms with Gasteiger partial charge in [-0.3, -0.25) is 0 Å². The molecule has 0 aliphatic carbocycles. The highest BCUT2D eigenvalue weighted by molar-refractivity contribution is 5.74. The van der Waals surface area contributed by atoms with E-state index in [4.69, 9.17) is 5.73 Å². The fraction of sp³-hybridized carbons (Fsp3) is 0.333. The monoisotopic (exact) mass is 348 g/mol. The molecule has 1 aromatic heterocycles. The Hall–Kier alpha value is -2.84. The molecule has 26 heavy (non-hydrogen) atoms. The lowest BCUT2D eigenvalue weighted by Crippen LogP contribution is -2.29. The van der Waals surface area contributed by atoms with Gasteiger partial charge in [-0.1, -0.05) is 18.2 Å². The van der Waals surface area contributed by atoms with Crippen LogP contribution in [0.15, 0.2) is 36.9 Å². The molecule has 0 bridgehead atoms. The first-order valence-electron chi connectivity index (χ1n) is 8.99. The second-order valence-corrected chi connectivity index (χ2v) is 6.65. The Labute approximate surface area is 154 Å². The van der Waals surface area contributed by atoms with Crippen LogP contribution in [-0.2, 0) is 6.42 Å². The van der Waals surface area contributed by atoms with Crippen LogP contribution in [0.4, 0.5) is 5.82 Å². The molecule has 1 atom stereocenters. The van der Waals surface area contributed by atoms with Gasteiger partial charge in [0.05, 0.1) is 11.3 Å². The molecule has 1 aromatic carbocycles. The van der Waals surface area contributed by atoms with E-state index in [1.165, 1.54) is 0 Å². The number of anilines is 1. The number of nitriles is 1. The number of allylic oxidation sites excluding steroid dienone is 1. The van der Waals surface area contributed by atoms with Crippen LogP contribution >= 0.6 is 0 Å². The standard InChI is InChI=1S/C21H24N4O/c1-2-3-6-14-7-4-9-19(26)20(14)18-11-16(15-8-5-10-24-13-15)17(12-22)21(23)25-18/h2,4,7,9,11,15,24,26H,1,3,5-6,8,10,13H2,(H2,23,25). The first-order valence-corrected chi connectivity index (χ1v) is 8.99. The molecule has 0 spiro atoms. The maximum absolute atomic E-state index is 10.5. The van der Waals surface area contributed by atoms with Crippen LogP contribution in [0.25, 0.3) is 11.3 Å². The lowest BCUT2D eigenvalue weighted by molar-refractivity contribution is 0.461. The van der Waals surface area contributed by atoms with Gasteiger partial charge in [-0.2, -0.15) is 5.26 Å². The van der Waals surface area contributed by atoms with Crippen molar-refractivity contribution in [1.82, 2.24) is 10.3 Å². The smallest absolute Gasteiger partial charge is 0.142 e. The number of hydrogen-bond acceptors (Lipinski definition) is 5. The average Bonchev–Trinajstić information content (AvgIpc) is 2.66. The van der Waals surface area contributed by atoms with Crippen LogP contribution in [0.3, 0.4) is 0 Å². The predicted octanol–water partition coefficient (Wildman–Crippen LogP) is 3.49. The van der Waals surface area contributed by atoms with Gasteiger partial charge >= 0.3 is 0 Å². The molecule has 3 rings (SSSR count). The van der Waals surface area contributed by atoms with E-state index in [1.54, 1.807) is 6.07 Å². The summed E-state index contributed by atoms with van der Waals surface area (Å²) in [5, 5.41) is 23.4. The van der Waals surface area contributed by atoms with Crippen LogP contribution in [-0.4, -0.2) is 23.2 Å². The minimum atomic E-state index is 0.177. The lowest BCUT2D eigenvalue weighted by Gasteiger charge is -2.25. The molecule has 2 heterocycles. The summed E-state index contributed by atoms with van der Waals surface area (Å²) < 4.78 is 0. The number of pyridine rings is 1. The van der Waals surface area contributed by atoms with E-state index in [0.29, 0.717) is 16.8 Å². The van der Waals surface area contributed by atoms with Crippen LogP contribution < -0.4 is 11.1 Å². The van der Waals surface area contributed by atoms with E-state index >= 15 is 0 Å². The number of aromatic nitrogens is 1. The number of aromatic hydroxyl groups is 1. The molecule has 1 saturated heterocycles. The summed E-state index contributed by atoms with van der Waals surface area (Å²) in [5.41, 5.74) is 9.80. The van der Waals surface area contributed by atoms with Gasteiger partial charge in [-0.25, -0.2) is 4.98 Å². The maximum Gasteiger partial charge on any atom is 0.142 e. The molecule has 1 aliphatic rings. The molecule has 4 N–H and O–H groups in total. The SMILES string of the molecule is C=CCCc1cccc(O)c1-c1cc(C2CCCNC2)c(C#N)c(N)n1. The molecule has 2 aromatic rings. The minimum Gasteiger partial charge on any atom is -0.507 e. The number of nitrogens with two attached hydrogens (primary N) is 1. The number of piperidine rings is 1. The number of nitrogens with zero attached hydrogens (tertiary/aromatic N) is 2. The molecule has 1 fully saturated rings. The van der Waals surface area contributed by atoms with Crippen molar-refractivity contribution in [2.45, 2.75) is 31.6 Å². The number of phenols is 1. The summed E-state index contributed by atoms with van der Waals surface area (Å²) in [6.07, 6.45) is 5.49. The Balaban J connectivity index is 2.13. The Kier molecular flexibility index (Phi) is 5.55. The summed E-state index contributed by atoms with van der Waals surface area (Å²) in [6, 6.07) is 9.61. The number of nitrogens with one attached hydrogen (secondary N) is 1. The summed E-state index contributed by atoms with van der Waals surface area (Å²) in [6.45, 7) is 5.59. The molecule has 0 saturated carbocycles. The quantitative estimate of drug-likeness (QED) is 0.719. The molecular formula is C21H24N4O. The number of benzene rings is 1. The summed E-state index contributed by atoms with van der Waals surface area (Å²) in [4.78, 5) is 4.45. The van der Waals surface area contributed by atoms with Crippen molar-refractivity contribution in [3.8, 4) is 23.1 Å². The second kappa shape index (κ2) is 8.03. The van der Waals surface area contributed by atoms with Gasteiger partial charge < -0.3 is 16.2 Å². The van der Waals surface area contributed by atoms with E-state index in [0.717, 1.165) is 49.9 Å². The normalized spacial score (nSPS) is 16.8. The second-order valence-electron chi connectivity index (χ2n) is 6.65. The van der Waals surface area contributed by atoms with Crippen molar-refractivity contribution < 1.29 is 5.11 Å². The Morgan fingerprint density at radius 3 is 3.00 bits per heavy atom. The number of aryl methyl sites for hydroxylation is 1. The highest BCUT2D eigenvalue weighted by Gasteiger charge is 2.23. The molecule has 134 valence electrons. The van der Waals surface area contributed by atoms with Crippen molar-refractivity contribution in [2.24, 2.45) is 0 Å². The number of nitrogen functional groups attached to an aromatic ring is 1. The predicted molar refractivity (Wildman–Crippen MR) is 104 cm³/mol. The van der Waals surface area contributed by atoms with Crippen molar-refractivity contribution in [3.05, 3.63) is 53.6 Å². The molecular weight excluding hydrogens is 324 g/mol. The van der Waals surface area contributed by atoms with E-state index in [1.807, 2.05) is 24.3 Å². The Morgan fingerprint density at radius 2 is 2.31 bits per heavy atom. The van der Waals surface area contributed by atoms with Gasteiger partial charge in [0.2, 0.25) is 0 Å². The van der Waals surface area contributed by atoms with Crippen LogP contribution in [0.1, 0.15) is 41.9 Å². The molecule has 0 radical (unpaired) electrons.